The first-order chi connectivity index (χ1) is 11.5. The van der Waals surface area contributed by atoms with Gasteiger partial charge in [0.05, 0.1) is 12.7 Å². The third-order valence-corrected chi connectivity index (χ3v) is 4.20. The molecular weight excluding hydrogens is 304 g/mol. The molecule has 0 fully saturated rings. The molecule has 1 aliphatic carbocycles. The molecule has 24 heavy (non-hydrogen) atoms. The van der Waals surface area contributed by atoms with Crippen LogP contribution in [-0.2, 0) is 17.6 Å². The van der Waals surface area contributed by atoms with E-state index in [1.54, 1.807) is 16.9 Å². The zero-order valence-corrected chi connectivity index (χ0v) is 14.0. The molecule has 2 aromatic rings. The number of carbonyl (C=O) groups is 2. The third-order valence-electron chi connectivity index (χ3n) is 4.20. The van der Waals surface area contributed by atoms with Crippen LogP contribution in [0.1, 0.15) is 47.8 Å². The maximum absolute atomic E-state index is 12.2. The summed E-state index contributed by atoms with van der Waals surface area (Å²) in [6.45, 7) is 3.90. The maximum atomic E-state index is 12.2. The van der Waals surface area contributed by atoms with Crippen molar-refractivity contribution in [3.63, 3.8) is 0 Å². The van der Waals surface area contributed by atoms with Crippen LogP contribution < -0.4 is 10.6 Å². The van der Waals surface area contributed by atoms with Gasteiger partial charge in [-0.1, -0.05) is 6.07 Å². The number of carbonyl (C=O) groups excluding carboxylic acids is 2. The molecule has 0 aliphatic heterocycles. The van der Waals surface area contributed by atoms with Gasteiger partial charge in [0.2, 0.25) is 5.91 Å². The van der Waals surface area contributed by atoms with Crippen LogP contribution in [0.5, 0.6) is 0 Å². The zero-order valence-electron chi connectivity index (χ0n) is 14.0. The first-order valence-electron chi connectivity index (χ1n) is 8.28. The number of hydrogen-bond acceptors (Lipinski definition) is 3. The van der Waals surface area contributed by atoms with Gasteiger partial charge in [0.25, 0.3) is 5.91 Å². The van der Waals surface area contributed by atoms with Crippen molar-refractivity contribution in [1.29, 1.82) is 0 Å². The minimum absolute atomic E-state index is 0.0702. The van der Waals surface area contributed by atoms with E-state index >= 15 is 0 Å². The molecule has 2 amide bonds. The van der Waals surface area contributed by atoms with Crippen molar-refractivity contribution in [3.05, 3.63) is 47.2 Å². The summed E-state index contributed by atoms with van der Waals surface area (Å²) < 4.78 is 1.72. The molecule has 1 aromatic heterocycles. The number of benzene rings is 1. The molecule has 0 radical (unpaired) electrons. The first kappa shape index (κ1) is 16.2. The Morgan fingerprint density at radius 1 is 1.21 bits per heavy atom. The first-order valence-corrected chi connectivity index (χ1v) is 8.28. The molecular formula is C18H22N4O2. The van der Waals surface area contributed by atoms with E-state index in [9.17, 15) is 9.59 Å². The van der Waals surface area contributed by atoms with Crippen molar-refractivity contribution in [2.75, 3.05) is 11.9 Å². The Bertz CT molecular complexity index is 764. The van der Waals surface area contributed by atoms with Gasteiger partial charge < -0.3 is 10.6 Å². The fourth-order valence-electron chi connectivity index (χ4n) is 2.99. The lowest BCUT2D eigenvalue weighted by atomic mass is 10.1. The number of aryl methyl sites for hydroxylation is 2. The molecule has 0 spiro atoms. The standard InChI is InChI=1S/C18H22N4O2/c1-12(2)22-16(8-9-20-22)21-17(23)11-19-18(24)15-7-6-13-4-3-5-14(13)10-15/h6-10,12H,3-5,11H2,1-2H3,(H,19,24)(H,21,23). The largest absolute Gasteiger partial charge is 0.343 e. The lowest BCUT2D eigenvalue weighted by Crippen LogP contribution is -2.33. The van der Waals surface area contributed by atoms with Gasteiger partial charge >= 0.3 is 0 Å². The summed E-state index contributed by atoms with van der Waals surface area (Å²) >= 11 is 0. The van der Waals surface area contributed by atoms with Crippen LogP contribution >= 0.6 is 0 Å². The molecule has 0 saturated carbocycles. The smallest absolute Gasteiger partial charge is 0.251 e. The molecule has 1 aromatic carbocycles. The highest BCUT2D eigenvalue weighted by atomic mass is 16.2. The topological polar surface area (TPSA) is 76.0 Å². The predicted octanol–water partition coefficient (Wildman–Crippen LogP) is 2.32. The SMILES string of the molecule is CC(C)n1nccc1NC(=O)CNC(=O)c1ccc2c(c1)CCC2. The molecule has 6 nitrogen and oxygen atoms in total. The van der Waals surface area contributed by atoms with Crippen molar-refractivity contribution < 1.29 is 9.59 Å². The Balaban J connectivity index is 1.56. The lowest BCUT2D eigenvalue weighted by molar-refractivity contribution is -0.115. The van der Waals surface area contributed by atoms with Crippen LogP contribution in [0.3, 0.4) is 0 Å². The Kier molecular flexibility index (Phi) is 4.64. The van der Waals surface area contributed by atoms with Crippen LogP contribution in [0.15, 0.2) is 30.5 Å². The van der Waals surface area contributed by atoms with Gasteiger partial charge in [0.1, 0.15) is 5.82 Å². The van der Waals surface area contributed by atoms with Gasteiger partial charge in [0.15, 0.2) is 0 Å². The fourth-order valence-corrected chi connectivity index (χ4v) is 2.99. The Morgan fingerprint density at radius 3 is 2.79 bits per heavy atom. The Labute approximate surface area is 141 Å². The Hall–Kier alpha value is -2.63. The number of anilines is 1. The van der Waals surface area contributed by atoms with E-state index in [4.69, 9.17) is 0 Å². The summed E-state index contributed by atoms with van der Waals surface area (Å²) in [6.07, 6.45) is 4.89. The maximum Gasteiger partial charge on any atom is 0.251 e. The van der Waals surface area contributed by atoms with Crippen molar-refractivity contribution in [3.8, 4) is 0 Å². The number of nitrogens with one attached hydrogen (secondary N) is 2. The van der Waals surface area contributed by atoms with Gasteiger partial charge in [0, 0.05) is 17.7 Å². The van der Waals surface area contributed by atoms with E-state index in [2.05, 4.69) is 15.7 Å². The normalized spacial score (nSPS) is 13.0. The molecule has 1 heterocycles. The van der Waals surface area contributed by atoms with Gasteiger partial charge in [-0.25, -0.2) is 4.68 Å². The number of fused-ring (bicyclic) bond motifs is 1. The van der Waals surface area contributed by atoms with E-state index in [1.807, 2.05) is 32.0 Å². The highest BCUT2D eigenvalue weighted by Crippen LogP contribution is 2.22. The van der Waals surface area contributed by atoms with Gasteiger partial charge in [-0.2, -0.15) is 5.10 Å². The summed E-state index contributed by atoms with van der Waals surface area (Å²) in [5, 5.41) is 9.60. The molecule has 6 heteroatoms. The number of aromatic nitrogens is 2. The van der Waals surface area contributed by atoms with Crippen molar-refractivity contribution >= 4 is 17.6 Å². The van der Waals surface area contributed by atoms with Crippen LogP contribution in [-0.4, -0.2) is 28.1 Å². The molecule has 0 unspecified atom stereocenters. The van der Waals surface area contributed by atoms with E-state index in [0.717, 1.165) is 19.3 Å². The minimum Gasteiger partial charge on any atom is -0.343 e. The average molecular weight is 326 g/mol. The zero-order chi connectivity index (χ0) is 17.1. The quantitative estimate of drug-likeness (QED) is 0.885. The third kappa shape index (κ3) is 3.48. The second kappa shape index (κ2) is 6.86. The van der Waals surface area contributed by atoms with E-state index < -0.39 is 0 Å². The lowest BCUT2D eigenvalue weighted by Gasteiger charge is -2.12. The molecule has 126 valence electrons. The highest BCUT2D eigenvalue weighted by Gasteiger charge is 2.15. The van der Waals surface area contributed by atoms with Crippen molar-refractivity contribution in [2.24, 2.45) is 0 Å². The van der Waals surface area contributed by atoms with Crippen molar-refractivity contribution in [2.45, 2.75) is 39.2 Å². The van der Waals surface area contributed by atoms with E-state index in [1.165, 1.54) is 11.1 Å². The summed E-state index contributed by atoms with van der Waals surface area (Å²) in [5.74, 6) is 0.130. The van der Waals surface area contributed by atoms with Gasteiger partial charge in [-0.3, -0.25) is 9.59 Å². The van der Waals surface area contributed by atoms with Crippen LogP contribution in [0.2, 0.25) is 0 Å². The van der Waals surface area contributed by atoms with E-state index in [0.29, 0.717) is 11.4 Å². The summed E-state index contributed by atoms with van der Waals surface area (Å²) in [4.78, 5) is 24.3. The monoisotopic (exact) mass is 326 g/mol. The van der Waals surface area contributed by atoms with Crippen LogP contribution in [0, 0.1) is 0 Å². The van der Waals surface area contributed by atoms with E-state index in [-0.39, 0.29) is 24.4 Å². The minimum atomic E-state index is -0.271. The highest BCUT2D eigenvalue weighted by molar-refractivity contribution is 5.99. The molecule has 1 aliphatic rings. The van der Waals surface area contributed by atoms with Gasteiger partial charge in [-0.05, 0) is 56.4 Å². The van der Waals surface area contributed by atoms with Crippen LogP contribution in [0.25, 0.3) is 0 Å². The number of nitrogens with zero attached hydrogens (tertiary/aromatic N) is 2. The molecule has 2 N–H and O–H groups in total. The average Bonchev–Trinajstić information content (AvgIpc) is 3.20. The number of hydrogen-bond donors (Lipinski definition) is 2. The second-order valence-corrected chi connectivity index (χ2v) is 6.32. The van der Waals surface area contributed by atoms with Gasteiger partial charge in [-0.15, -0.1) is 0 Å². The molecule has 0 saturated heterocycles. The Morgan fingerprint density at radius 2 is 2.00 bits per heavy atom. The summed E-state index contributed by atoms with van der Waals surface area (Å²) in [6, 6.07) is 7.66. The summed E-state index contributed by atoms with van der Waals surface area (Å²) in [7, 11) is 0. The summed E-state index contributed by atoms with van der Waals surface area (Å²) in [5.41, 5.74) is 3.18. The predicted molar refractivity (Wildman–Crippen MR) is 92.0 cm³/mol. The molecule has 3 rings (SSSR count). The van der Waals surface area contributed by atoms with Crippen LogP contribution in [0.4, 0.5) is 5.82 Å². The number of amides is 2. The molecule has 0 atom stereocenters. The molecule has 0 bridgehead atoms. The fraction of sp³-hybridized carbons (Fsp3) is 0.389. The van der Waals surface area contributed by atoms with Crippen molar-refractivity contribution in [1.82, 2.24) is 15.1 Å². The second-order valence-electron chi connectivity index (χ2n) is 6.32. The number of rotatable bonds is 5.